The van der Waals surface area contributed by atoms with Crippen molar-refractivity contribution in [3.05, 3.63) is 106 Å². The molecule has 5 aliphatic carbocycles. The van der Waals surface area contributed by atoms with E-state index in [9.17, 15) is 14.4 Å². The second kappa shape index (κ2) is 13.7. The molecule has 0 unspecified atom stereocenters. The fourth-order valence-electron chi connectivity index (χ4n) is 13.0. The third kappa shape index (κ3) is 5.95. The maximum absolute atomic E-state index is 15.1. The zero-order chi connectivity index (χ0) is 40.8. The number of rotatable bonds is 7. The van der Waals surface area contributed by atoms with Gasteiger partial charge in [-0.25, -0.2) is 4.79 Å². The summed E-state index contributed by atoms with van der Waals surface area (Å²) in [5.74, 6) is -1.34. The van der Waals surface area contributed by atoms with Crippen molar-refractivity contribution < 1.29 is 32.7 Å². The van der Waals surface area contributed by atoms with E-state index in [1.54, 1.807) is 6.92 Å². The van der Waals surface area contributed by atoms with Gasteiger partial charge in [0.15, 0.2) is 30.0 Å². The van der Waals surface area contributed by atoms with Crippen LogP contribution in [0, 0.1) is 57.2 Å². The molecule has 10 atom stereocenters. The maximum atomic E-state index is 15.1. The Bertz CT molecular complexity index is 2120. The molecule has 4 fully saturated rings. The summed E-state index contributed by atoms with van der Waals surface area (Å²) in [6.07, 6.45) is 8.50. The molecular weight excluding hydrogens is 719 g/mol. The Hall–Kier alpha value is -4.24. The van der Waals surface area contributed by atoms with Gasteiger partial charge in [-0.2, -0.15) is 0 Å². The summed E-state index contributed by atoms with van der Waals surface area (Å²) in [5.41, 5.74) is 6.95. The highest BCUT2D eigenvalue weighted by Gasteiger charge is 2.72. The fourth-order valence-corrected chi connectivity index (χ4v) is 13.0. The average Bonchev–Trinajstić information content (AvgIpc) is 3.52. The summed E-state index contributed by atoms with van der Waals surface area (Å²) >= 11 is 0. The maximum Gasteiger partial charge on any atom is 0.519 e. The number of hydrogen-bond donors (Lipinski definition) is 1. The lowest BCUT2D eigenvalue weighted by Crippen LogP contribution is -2.69. The SMILES string of the molecule is Cc1oc(=O)oc1COC(=O)[C@@]1(C)[C@@H]2CC[C@]3(C)[C@H](C(=O)C=C4[C@@H]5C[C@@](C)(C(=O)OC(c6ccccc6)c6ccccc6)CC[C@]5(C)CC[C@]43C)[C@@]2(C)CC[C@@H]1N. The molecule has 1 heterocycles. The quantitative estimate of drug-likeness (QED) is 0.233. The van der Waals surface area contributed by atoms with Crippen molar-refractivity contribution in [2.45, 2.75) is 125 Å². The highest BCUT2D eigenvalue weighted by molar-refractivity contribution is 5.96. The van der Waals surface area contributed by atoms with Crippen LogP contribution in [0.1, 0.15) is 128 Å². The van der Waals surface area contributed by atoms with Gasteiger partial charge >= 0.3 is 17.8 Å². The van der Waals surface area contributed by atoms with Crippen LogP contribution in [-0.4, -0.2) is 23.8 Å². The molecule has 4 saturated carbocycles. The van der Waals surface area contributed by atoms with Crippen molar-refractivity contribution in [3.63, 3.8) is 0 Å². The normalized spacial score (nSPS) is 38.5. The van der Waals surface area contributed by atoms with Crippen LogP contribution in [0.25, 0.3) is 0 Å². The monoisotopic (exact) mass is 777 g/mol. The first-order valence-electron chi connectivity index (χ1n) is 21.0. The fraction of sp³-hybridized carbons (Fsp3) is 0.583. The Kier molecular flexibility index (Phi) is 9.49. The molecule has 0 radical (unpaired) electrons. The van der Waals surface area contributed by atoms with Gasteiger partial charge in [-0.1, -0.05) is 93.9 Å². The molecule has 0 amide bonds. The Morgan fingerprint density at radius 3 is 2.05 bits per heavy atom. The van der Waals surface area contributed by atoms with Crippen LogP contribution >= 0.6 is 0 Å². The predicted octanol–water partition coefficient (Wildman–Crippen LogP) is 9.21. The standard InChI is InChI=1S/C48H59NO8/c1-29-35(56-42(53)55-29)28-54-41(52)48(7)36-18-21-47(6)39(45(36,4)20-19-37(48)49)34(50)26-32-33-27-44(3,23-22-43(33,2)24-25-46(32,47)5)40(51)57-38(30-14-10-8-11-15-30)31-16-12-9-13-17-31/h8-17,26,33,36-39H,18-25,27-28,49H2,1-7H3/t33-,36+,37-,39+,43+,44-,45-,46+,47+,48-/m0/s1. The Balaban J connectivity index is 1.10. The number of carbonyl (C=O) groups excluding carboxylic acids is 3. The summed E-state index contributed by atoms with van der Waals surface area (Å²) in [6.45, 7) is 14.7. The topological polar surface area (TPSA) is 139 Å². The number of esters is 2. The predicted molar refractivity (Wildman–Crippen MR) is 214 cm³/mol. The first kappa shape index (κ1) is 39.6. The van der Waals surface area contributed by atoms with Crippen LogP contribution in [0.15, 0.2) is 85.9 Å². The van der Waals surface area contributed by atoms with Gasteiger partial charge in [0.2, 0.25) is 0 Å². The number of carbonyl (C=O) groups is 3. The van der Waals surface area contributed by atoms with E-state index in [4.69, 9.17) is 24.0 Å². The Morgan fingerprint density at radius 2 is 1.44 bits per heavy atom. The van der Waals surface area contributed by atoms with Crippen molar-refractivity contribution in [3.8, 4) is 0 Å². The van der Waals surface area contributed by atoms with Crippen LogP contribution in [-0.2, 0) is 30.5 Å². The van der Waals surface area contributed by atoms with Crippen LogP contribution in [0.3, 0.4) is 0 Å². The van der Waals surface area contributed by atoms with E-state index >= 15 is 4.79 Å². The summed E-state index contributed by atoms with van der Waals surface area (Å²) < 4.78 is 22.5. The van der Waals surface area contributed by atoms with Crippen LogP contribution < -0.4 is 11.6 Å². The third-order valence-electron chi connectivity index (χ3n) is 16.9. The highest BCUT2D eigenvalue weighted by Crippen LogP contribution is 2.75. The van der Waals surface area contributed by atoms with Crippen molar-refractivity contribution >= 4 is 17.7 Å². The van der Waals surface area contributed by atoms with Crippen molar-refractivity contribution in [1.82, 2.24) is 0 Å². The number of nitrogens with two attached hydrogens (primary N) is 1. The van der Waals surface area contributed by atoms with E-state index in [2.05, 4.69) is 34.6 Å². The van der Waals surface area contributed by atoms with Gasteiger partial charge < -0.3 is 24.0 Å². The van der Waals surface area contributed by atoms with Gasteiger partial charge in [-0.3, -0.25) is 14.4 Å². The van der Waals surface area contributed by atoms with E-state index in [0.29, 0.717) is 12.8 Å². The summed E-state index contributed by atoms with van der Waals surface area (Å²) in [7, 11) is 0. The lowest BCUT2D eigenvalue weighted by molar-refractivity contribution is -0.203. The minimum absolute atomic E-state index is 0.0413. The highest BCUT2D eigenvalue weighted by atomic mass is 16.6. The smallest absolute Gasteiger partial charge is 0.457 e. The molecule has 57 heavy (non-hydrogen) atoms. The van der Waals surface area contributed by atoms with Gasteiger partial charge in [0.25, 0.3) is 0 Å². The molecular formula is C48H59NO8. The molecule has 2 N–H and O–H groups in total. The number of fused-ring (bicyclic) bond motifs is 7. The van der Waals surface area contributed by atoms with E-state index < -0.39 is 40.2 Å². The molecule has 9 nitrogen and oxygen atoms in total. The van der Waals surface area contributed by atoms with Crippen molar-refractivity contribution in [1.29, 1.82) is 0 Å². The van der Waals surface area contributed by atoms with Crippen LogP contribution in [0.5, 0.6) is 0 Å². The summed E-state index contributed by atoms with van der Waals surface area (Å²) in [6, 6.07) is 19.4. The van der Waals surface area contributed by atoms with E-state index in [1.165, 1.54) is 5.57 Å². The molecule has 9 heteroatoms. The molecule has 0 aliphatic heterocycles. The van der Waals surface area contributed by atoms with Gasteiger partial charge in [-0.15, -0.1) is 0 Å². The molecule has 304 valence electrons. The molecule has 1 aromatic heterocycles. The zero-order valence-electron chi connectivity index (χ0n) is 34.7. The van der Waals surface area contributed by atoms with Gasteiger partial charge in [0.1, 0.15) is 0 Å². The van der Waals surface area contributed by atoms with E-state index in [1.807, 2.05) is 73.7 Å². The molecule has 0 spiro atoms. The number of benzene rings is 2. The minimum Gasteiger partial charge on any atom is -0.457 e. The third-order valence-corrected chi connectivity index (χ3v) is 16.9. The van der Waals surface area contributed by atoms with Crippen molar-refractivity contribution in [2.24, 2.45) is 56.0 Å². The van der Waals surface area contributed by atoms with Crippen molar-refractivity contribution in [2.75, 3.05) is 0 Å². The van der Waals surface area contributed by atoms with Crippen LogP contribution in [0.2, 0.25) is 0 Å². The summed E-state index contributed by atoms with van der Waals surface area (Å²) in [4.78, 5) is 55.5. The van der Waals surface area contributed by atoms with E-state index in [0.717, 1.165) is 56.1 Å². The minimum atomic E-state index is -1.05. The van der Waals surface area contributed by atoms with Gasteiger partial charge in [0, 0.05) is 12.0 Å². The average molecular weight is 778 g/mol. The number of ketones is 1. The van der Waals surface area contributed by atoms with Gasteiger partial charge in [-0.05, 0) is 129 Å². The van der Waals surface area contributed by atoms with E-state index in [-0.39, 0.29) is 63.9 Å². The largest absolute Gasteiger partial charge is 0.519 e. The lowest BCUT2D eigenvalue weighted by Gasteiger charge is -2.70. The number of hydrogen-bond acceptors (Lipinski definition) is 9. The Labute approximate surface area is 336 Å². The molecule has 2 aromatic carbocycles. The molecule has 0 saturated heterocycles. The number of aryl methyl sites for hydroxylation is 1. The molecule has 5 aliphatic rings. The van der Waals surface area contributed by atoms with Gasteiger partial charge in [0.05, 0.1) is 10.8 Å². The summed E-state index contributed by atoms with van der Waals surface area (Å²) in [5, 5.41) is 0. The van der Waals surface area contributed by atoms with Crippen LogP contribution in [0.4, 0.5) is 0 Å². The Morgan fingerprint density at radius 1 is 0.807 bits per heavy atom. The molecule has 0 bridgehead atoms. The number of ether oxygens (including phenoxy) is 2. The molecule has 3 aromatic rings. The molecule has 8 rings (SSSR count). The number of allylic oxidation sites excluding steroid dienone is 2. The second-order valence-electron chi connectivity index (χ2n) is 19.8. The zero-order valence-corrected chi connectivity index (χ0v) is 34.7. The lowest BCUT2D eigenvalue weighted by atomic mass is 9.33. The first-order chi connectivity index (χ1) is 26.9. The second-order valence-corrected chi connectivity index (χ2v) is 19.8. The first-order valence-corrected chi connectivity index (χ1v) is 21.0.